The van der Waals surface area contributed by atoms with Crippen LogP contribution in [0.1, 0.15) is 24.2 Å². The Kier molecular flexibility index (Phi) is 6.74. The van der Waals surface area contributed by atoms with Crippen LogP contribution in [-0.2, 0) is 17.6 Å². The van der Waals surface area contributed by atoms with E-state index in [0.29, 0.717) is 12.5 Å². The van der Waals surface area contributed by atoms with E-state index in [1.54, 1.807) is 25.3 Å². The van der Waals surface area contributed by atoms with Crippen molar-refractivity contribution >= 4 is 11.9 Å². The molecule has 2 aromatic rings. The van der Waals surface area contributed by atoms with Crippen molar-refractivity contribution in [1.82, 2.24) is 15.5 Å². The van der Waals surface area contributed by atoms with Gasteiger partial charge in [0, 0.05) is 33.6 Å². The van der Waals surface area contributed by atoms with Crippen LogP contribution < -0.4 is 10.6 Å². The first-order valence-corrected chi connectivity index (χ1v) is 9.85. The zero-order chi connectivity index (χ0) is 19.8. The first-order chi connectivity index (χ1) is 13.6. The van der Waals surface area contributed by atoms with Gasteiger partial charge in [-0.25, -0.2) is 4.99 Å². The molecule has 1 fully saturated rings. The highest BCUT2D eigenvalue weighted by Crippen LogP contribution is 2.47. The number of likely N-dealkylation sites (N-methyl/N-ethyl adjacent to an activating group) is 1. The molecule has 150 valence electrons. The number of nitrogens with zero attached hydrogens (tertiary/aromatic N) is 2. The Morgan fingerprint density at radius 1 is 1.14 bits per heavy atom. The van der Waals surface area contributed by atoms with Crippen LogP contribution in [0.5, 0.6) is 0 Å². The number of nitrogens with one attached hydrogen (secondary N) is 2. The maximum absolute atomic E-state index is 11.9. The molecular formula is C22H30N4O2. The first-order valence-electron chi connectivity index (χ1n) is 9.85. The summed E-state index contributed by atoms with van der Waals surface area (Å²) in [6.45, 7) is 1.68. The summed E-state index contributed by atoms with van der Waals surface area (Å²) in [6.07, 6.45) is 5.94. The van der Waals surface area contributed by atoms with E-state index in [2.05, 4.69) is 46.0 Å². The average molecular weight is 383 g/mol. The first kappa shape index (κ1) is 20.0. The zero-order valence-corrected chi connectivity index (χ0v) is 16.8. The van der Waals surface area contributed by atoms with Crippen molar-refractivity contribution in [3.05, 3.63) is 60.1 Å². The van der Waals surface area contributed by atoms with Crippen LogP contribution in [0.15, 0.2) is 58.1 Å². The highest BCUT2D eigenvalue weighted by molar-refractivity contribution is 5.84. The molecule has 6 nitrogen and oxygen atoms in total. The third kappa shape index (κ3) is 6.15. The van der Waals surface area contributed by atoms with Gasteiger partial charge in [0.1, 0.15) is 12.3 Å². The Balaban J connectivity index is 1.54. The van der Waals surface area contributed by atoms with Crippen LogP contribution in [0.3, 0.4) is 0 Å². The van der Waals surface area contributed by atoms with Crippen LogP contribution in [0.25, 0.3) is 0 Å². The number of carbonyl (C=O) groups is 1. The molecule has 3 rings (SSSR count). The van der Waals surface area contributed by atoms with Crippen molar-refractivity contribution in [2.75, 3.05) is 33.7 Å². The molecule has 6 heteroatoms. The van der Waals surface area contributed by atoms with Gasteiger partial charge in [0.2, 0.25) is 5.91 Å². The molecule has 1 aliphatic carbocycles. The predicted molar refractivity (Wildman–Crippen MR) is 111 cm³/mol. The number of furan rings is 1. The van der Waals surface area contributed by atoms with E-state index in [-0.39, 0.29) is 17.9 Å². The molecule has 0 bridgehead atoms. The van der Waals surface area contributed by atoms with Gasteiger partial charge in [0.15, 0.2) is 5.96 Å². The lowest BCUT2D eigenvalue weighted by atomic mass is 9.96. The van der Waals surface area contributed by atoms with Gasteiger partial charge in [-0.15, -0.1) is 0 Å². The van der Waals surface area contributed by atoms with E-state index in [0.717, 1.165) is 25.1 Å². The average Bonchev–Trinajstić information content (AvgIpc) is 3.25. The molecule has 0 radical (unpaired) electrons. The minimum absolute atomic E-state index is 0.0162. The molecule has 0 atom stereocenters. The number of guanidine groups is 1. The number of benzene rings is 1. The quantitative estimate of drug-likeness (QED) is 0.516. The lowest BCUT2D eigenvalue weighted by Crippen LogP contribution is -2.42. The van der Waals surface area contributed by atoms with Crippen molar-refractivity contribution in [1.29, 1.82) is 0 Å². The van der Waals surface area contributed by atoms with E-state index in [1.165, 1.54) is 18.4 Å². The van der Waals surface area contributed by atoms with Crippen LogP contribution in [-0.4, -0.2) is 50.5 Å². The van der Waals surface area contributed by atoms with E-state index < -0.39 is 0 Å². The summed E-state index contributed by atoms with van der Waals surface area (Å²) in [7, 11) is 3.49. The second-order valence-electron chi connectivity index (χ2n) is 7.73. The second kappa shape index (κ2) is 9.44. The summed E-state index contributed by atoms with van der Waals surface area (Å²) < 4.78 is 5.37. The van der Waals surface area contributed by atoms with Crippen LogP contribution in [0.2, 0.25) is 0 Å². The van der Waals surface area contributed by atoms with Crippen LogP contribution in [0, 0.1) is 5.41 Å². The molecule has 0 aliphatic heterocycles. The molecule has 28 heavy (non-hydrogen) atoms. The van der Waals surface area contributed by atoms with E-state index in [1.807, 2.05) is 12.1 Å². The molecule has 1 amide bonds. The highest BCUT2D eigenvalue weighted by atomic mass is 16.3. The monoisotopic (exact) mass is 382 g/mol. The Bertz CT molecular complexity index is 765. The molecule has 2 N–H and O–H groups in total. The third-order valence-electron chi connectivity index (χ3n) is 5.13. The van der Waals surface area contributed by atoms with Crippen LogP contribution >= 0.6 is 0 Å². The van der Waals surface area contributed by atoms with E-state index in [9.17, 15) is 4.79 Å². The minimum atomic E-state index is -0.0162. The van der Waals surface area contributed by atoms with Gasteiger partial charge in [-0.3, -0.25) is 4.79 Å². The van der Waals surface area contributed by atoms with E-state index in [4.69, 9.17) is 4.42 Å². The molecule has 0 spiro atoms. The summed E-state index contributed by atoms with van der Waals surface area (Å²) in [5, 5.41) is 6.78. The molecule has 1 heterocycles. The molecule has 0 saturated heterocycles. The summed E-state index contributed by atoms with van der Waals surface area (Å²) in [6, 6.07) is 14.5. The largest absolute Gasteiger partial charge is 0.469 e. The van der Waals surface area contributed by atoms with Gasteiger partial charge in [-0.1, -0.05) is 30.3 Å². The number of aliphatic imine (C=N–C) groups is 1. The van der Waals surface area contributed by atoms with Crippen molar-refractivity contribution in [2.24, 2.45) is 10.4 Å². The number of carbonyl (C=O) groups excluding carboxylic acids is 1. The Morgan fingerprint density at radius 2 is 1.93 bits per heavy atom. The smallest absolute Gasteiger partial charge is 0.243 e. The number of hydrogen-bond donors (Lipinski definition) is 2. The van der Waals surface area contributed by atoms with Gasteiger partial charge < -0.3 is 20.0 Å². The number of amides is 1. The molecule has 1 aliphatic rings. The van der Waals surface area contributed by atoms with Gasteiger partial charge in [-0.05, 0) is 42.4 Å². The Hall–Kier alpha value is -2.76. The maximum Gasteiger partial charge on any atom is 0.243 e. The molecule has 1 saturated carbocycles. The molecule has 1 aromatic heterocycles. The topological polar surface area (TPSA) is 69.9 Å². The minimum Gasteiger partial charge on any atom is -0.469 e. The maximum atomic E-state index is 11.9. The summed E-state index contributed by atoms with van der Waals surface area (Å²) in [5.74, 6) is 1.60. The SMILES string of the molecule is CN(C)C(=O)CN=C(NCCc1ccco1)NCC1(Cc2ccccc2)CC1. The summed E-state index contributed by atoms with van der Waals surface area (Å²) in [5.41, 5.74) is 1.66. The fourth-order valence-corrected chi connectivity index (χ4v) is 3.11. The highest BCUT2D eigenvalue weighted by Gasteiger charge is 2.42. The van der Waals surface area contributed by atoms with Crippen molar-refractivity contribution in [2.45, 2.75) is 25.7 Å². The van der Waals surface area contributed by atoms with Crippen LogP contribution in [0.4, 0.5) is 0 Å². The molecule has 1 aromatic carbocycles. The molecular weight excluding hydrogens is 352 g/mol. The van der Waals surface area contributed by atoms with E-state index >= 15 is 0 Å². The number of hydrogen-bond acceptors (Lipinski definition) is 3. The summed E-state index contributed by atoms with van der Waals surface area (Å²) >= 11 is 0. The fraction of sp³-hybridized carbons (Fsp3) is 0.455. The standard InChI is InChI=1S/C22H30N4O2/c1-26(2)20(27)16-24-21(23-13-10-19-9-6-14-28-19)25-17-22(11-12-22)15-18-7-4-3-5-8-18/h3-9,14H,10-13,15-17H2,1-2H3,(H2,23,24,25). The second-order valence-corrected chi connectivity index (χ2v) is 7.73. The van der Waals surface area contributed by atoms with Crippen molar-refractivity contribution in [3.63, 3.8) is 0 Å². The normalized spacial score (nSPS) is 15.1. The van der Waals surface area contributed by atoms with Gasteiger partial charge in [0.25, 0.3) is 0 Å². The lowest BCUT2D eigenvalue weighted by molar-refractivity contribution is -0.127. The van der Waals surface area contributed by atoms with Gasteiger partial charge in [0.05, 0.1) is 6.26 Å². The summed E-state index contributed by atoms with van der Waals surface area (Å²) in [4.78, 5) is 17.9. The zero-order valence-electron chi connectivity index (χ0n) is 16.8. The Morgan fingerprint density at radius 3 is 2.57 bits per heavy atom. The van der Waals surface area contributed by atoms with Gasteiger partial charge in [-0.2, -0.15) is 0 Å². The fourth-order valence-electron chi connectivity index (χ4n) is 3.11. The van der Waals surface area contributed by atoms with Crippen molar-refractivity contribution in [3.8, 4) is 0 Å². The Labute approximate surface area is 167 Å². The van der Waals surface area contributed by atoms with Crippen molar-refractivity contribution < 1.29 is 9.21 Å². The molecule has 0 unspecified atom stereocenters. The van der Waals surface area contributed by atoms with Gasteiger partial charge >= 0.3 is 0 Å². The lowest BCUT2D eigenvalue weighted by Gasteiger charge is -2.19. The number of rotatable bonds is 9. The predicted octanol–water partition coefficient (Wildman–Crippen LogP) is 2.47. The third-order valence-corrected chi connectivity index (χ3v) is 5.13.